The molecule has 0 unspecified atom stereocenters. The second-order valence-electron chi connectivity index (χ2n) is 4.41. The van der Waals surface area contributed by atoms with Crippen molar-refractivity contribution in [1.29, 1.82) is 0 Å². The molecule has 0 saturated carbocycles. The van der Waals surface area contributed by atoms with Gasteiger partial charge in [0.1, 0.15) is 6.61 Å². The van der Waals surface area contributed by atoms with Crippen LogP contribution in [0.15, 0.2) is 40.2 Å². The highest BCUT2D eigenvalue weighted by Gasteiger charge is 2.27. The zero-order valence-electron chi connectivity index (χ0n) is 11.2. The fourth-order valence-corrected chi connectivity index (χ4v) is 3.13. The van der Waals surface area contributed by atoms with Crippen molar-refractivity contribution >= 4 is 39.1 Å². The molecule has 1 atom stereocenters. The van der Waals surface area contributed by atoms with Gasteiger partial charge in [-0.1, -0.05) is 12.1 Å². The lowest BCUT2D eigenvalue weighted by Crippen LogP contribution is -2.50. The average molecular weight is 383 g/mol. The first-order chi connectivity index (χ1) is 10.6. The third-order valence-corrected chi connectivity index (χ3v) is 4.52. The molecule has 0 fully saturated rings. The van der Waals surface area contributed by atoms with Gasteiger partial charge in [-0.25, -0.2) is 0 Å². The maximum Gasteiger partial charge on any atom is 0.283 e. The van der Waals surface area contributed by atoms with E-state index in [1.165, 1.54) is 11.3 Å². The average Bonchev–Trinajstić information content (AvgIpc) is 2.98. The van der Waals surface area contributed by atoms with Gasteiger partial charge in [-0.05, 0) is 40.2 Å². The van der Waals surface area contributed by atoms with Crippen LogP contribution in [0.5, 0.6) is 11.5 Å². The van der Waals surface area contributed by atoms with E-state index in [0.717, 1.165) is 3.79 Å². The summed E-state index contributed by atoms with van der Waals surface area (Å²) < 4.78 is 11.8. The van der Waals surface area contributed by atoms with Crippen molar-refractivity contribution in [3.8, 4) is 11.5 Å². The zero-order chi connectivity index (χ0) is 15.5. The van der Waals surface area contributed by atoms with E-state index in [-0.39, 0.29) is 12.5 Å². The Balaban J connectivity index is 1.56. The maximum absolute atomic E-state index is 12.0. The van der Waals surface area contributed by atoms with Gasteiger partial charge in [-0.2, -0.15) is 0 Å². The van der Waals surface area contributed by atoms with Crippen molar-refractivity contribution in [3.05, 3.63) is 45.1 Å². The summed E-state index contributed by atoms with van der Waals surface area (Å²) >= 11 is 4.54. The lowest BCUT2D eigenvalue weighted by Gasteiger charge is -2.25. The number of rotatable bonds is 2. The molecule has 2 N–H and O–H groups in total. The number of benzene rings is 1. The van der Waals surface area contributed by atoms with Gasteiger partial charge in [0.25, 0.3) is 11.8 Å². The largest absolute Gasteiger partial charge is 0.485 e. The highest BCUT2D eigenvalue weighted by Crippen LogP contribution is 2.30. The van der Waals surface area contributed by atoms with E-state index in [1.807, 2.05) is 6.07 Å². The zero-order valence-corrected chi connectivity index (χ0v) is 13.6. The summed E-state index contributed by atoms with van der Waals surface area (Å²) in [6.07, 6.45) is -0.815. The van der Waals surface area contributed by atoms with Gasteiger partial charge in [0.2, 0.25) is 6.10 Å². The lowest BCUT2D eigenvalue weighted by atomic mass is 10.2. The van der Waals surface area contributed by atoms with Gasteiger partial charge in [-0.3, -0.25) is 20.4 Å². The number of thiophene rings is 1. The van der Waals surface area contributed by atoms with E-state index >= 15 is 0 Å². The topological polar surface area (TPSA) is 76.7 Å². The number of amides is 2. The molecule has 3 rings (SSSR count). The second-order valence-corrected chi connectivity index (χ2v) is 6.87. The molecule has 0 aliphatic carbocycles. The minimum absolute atomic E-state index is 0.0866. The first-order valence-corrected chi connectivity index (χ1v) is 7.98. The molecule has 1 aromatic heterocycles. The third-order valence-electron chi connectivity index (χ3n) is 2.90. The van der Waals surface area contributed by atoms with E-state index in [9.17, 15) is 9.59 Å². The van der Waals surface area contributed by atoms with Crippen LogP contribution in [-0.2, 0) is 4.79 Å². The van der Waals surface area contributed by atoms with Gasteiger partial charge < -0.3 is 9.47 Å². The molecule has 0 radical (unpaired) electrons. The van der Waals surface area contributed by atoms with E-state index < -0.39 is 12.0 Å². The SMILES string of the molecule is O=C(NNC(=O)[C@@H]1COc2ccccc2O1)c1ccc(Br)s1. The Morgan fingerprint density at radius 3 is 2.64 bits per heavy atom. The summed E-state index contributed by atoms with van der Waals surface area (Å²) in [4.78, 5) is 24.3. The number of para-hydroxylation sites is 2. The quantitative estimate of drug-likeness (QED) is 0.779. The van der Waals surface area contributed by atoms with Gasteiger partial charge in [0.05, 0.1) is 8.66 Å². The normalized spacial score (nSPS) is 16.0. The lowest BCUT2D eigenvalue weighted by molar-refractivity contribution is -0.131. The molecular formula is C14H11BrN2O4S. The van der Waals surface area contributed by atoms with Crippen LogP contribution >= 0.6 is 27.3 Å². The van der Waals surface area contributed by atoms with E-state index in [1.54, 1.807) is 30.3 Å². The van der Waals surface area contributed by atoms with Crippen molar-refractivity contribution in [3.63, 3.8) is 0 Å². The Morgan fingerprint density at radius 1 is 1.14 bits per heavy atom. The smallest absolute Gasteiger partial charge is 0.283 e. The molecule has 2 heterocycles. The highest BCUT2D eigenvalue weighted by atomic mass is 79.9. The van der Waals surface area contributed by atoms with Crippen LogP contribution in [0.1, 0.15) is 9.67 Å². The van der Waals surface area contributed by atoms with Gasteiger partial charge in [-0.15, -0.1) is 11.3 Å². The van der Waals surface area contributed by atoms with E-state index in [4.69, 9.17) is 9.47 Å². The Kier molecular flexibility index (Phi) is 4.30. The minimum Gasteiger partial charge on any atom is -0.485 e. The van der Waals surface area contributed by atoms with Crippen molar-refractivity contribution in [1.82, 2.24) is 10.9 Å². The first kappa shape index (κ1) is 14.9. The Labute approximate surface area is 138 Å². The first-order valence-electron chi connectivity index (χ1n) is 6.37. The third kappa shape index (κ3) is 3.23. The summed E-state index contributed by atoms with van der Waals surface area (Å²) in [6.45, 7) is 0.0866. The Bertz CT molecular complexity index is 718. The number of hydrogen-bond acceptors (Lipinski definition) is 5. The van der Waals surface area contributed by atoms with Crippen LogP contribution in [0.2, 0.25) is 0 Å². The van der Waals surface area contributed by atoms with Gasteiger partial charge >= 0.3 is 0 Å². The number of hydrazine groups is 1. The number of fused-ring (bicyclic) bond motifs is 1. The molecule has 0 saturated heterocycles. The molecule has 114 valence electrons. The summed E-state index contributed by atoms with van der Waals surface area (Å²) in [5.74, 6) is 0.237. The summed E-state index contributed by atoms with van der Waals surface area (Å²) in [6, 6.07) is 10.5. The number of halogens is 1. The number of nitrogens with one attached hydrogen (secondary N) is 2. The van der Waals surface area contributed by atoms with E-state index in [0.29, 0.717) is 16.4 Å². The molecule has 8 heteroatoms. The van der Waals surface area contributed by atoms with Crippen LogP contribution in [0.25, 0.3) is 0 Å². The molecule has 1 aliphatic heterocycles. The van der Waals surface area contributed by atoms with Crippen molar-refractivity contribution < 1.29 is 19.1 Å². The predicted molar refractivity (Wildman–Crippen MR) is 84.0 cm³/mol. The molecule has 2 aromatic rings. The van der Waals surface area contributed by atoms with Crippen LogP contribution in [-0.4, -0.2) is 24.5 Å². The molecular weight excluding hydrogens is 372 g/mol. The van der Waals surface area contributed by atoms with Crippen LogP contribution in [0.4, 0.5) is 0 Å². The molecule has 0 spiro atoms. The van der Waals surface area contributed by atoms with Crippen molar-refractivity contribution in [2.75, 3.05) is 6.61 Å². The maximum atomic E-state index is 12.0. The van der Waals surface area contributed by atoms with Gasteiger partial charge in [0.15, 0.2) is 11.5 Å². The fourth-order valence-electron chi connectivity index (χ4n) is 1.85. The van der Waals surface area contributed by atoms with Gasteiger partial charge in [0, 0.05) is 0 Å². The standard InChI is InChI=1S/C14H11BrN2O4S/c15-12-6-5-11(22-12)14(19)17-16-13(18)10-7-20-8-3-1-2-4-9(8)21-10/h1-6,10H,7H2,(H,16,18)(H,17,19)/t10-/m0/s1. The summed E-state index contributed by atoms with van der Waals surface area (Å²) in [5, 5.41) is 0. The van der Waals surface area contributed by atoms with Crippen LogP contribution in [0.3, 0.4) is 0 Å². The molecule has 22 heavy (non-hydrogen) atoms. The van der Waals surface area contributed by atoms with Crippen LogP contribution < -0.4 is 20.3 Å². The second kappa shape index (κ2) is 6.37. The minimum atomic E-state index is -0.815. The predicted octanol–water partition coefficient (Wildman–Crippen LogP) is 2.11. The summed E-state index contributed by atoms with van der Waals surface area (Å²) in [7, 11) is 0. The fraction of sp³-hybridized carbons (Fsp3) is 0.143. The van der Waals surface area contributed by atoms with Crippen LogP contribution in [0, 0.1) is 0 Å². The Morgan fingerprint density at radius 2 is 1.91 bits per heavy atom. The number of carbonyl (C=O) groups excluding carboxylic acids is 2. The monoisotopic (exact) mass is 382 g/mol. The molecule has 6 nitrogen and oxygen atoms in total. The van der Waals surface area contributed by atoms with Crippen molar-refractivity contribution in [2.45, 2.75) is 6.10 Å². The van der Waals surface area contributed by atoms with E-state index in [2.05, 4.69) is 26.8 Å². The molecule has 0 bridgehead atoms. The highest BCUT2D eigenvalue weighted by molar-refractivity contribution is 9.11. The Hall–Kier alpha value is -2.06. The molecule has 1 aromatic carbocycles. The summed E-state index contributed by atoms with van der Waals surface area (Å²) in [5.41, 5.74) is 4.69. The molecule has 1 aliphatic rings. The van der Waals surface area contributed by atoms with Crippen molar-refractivity contribution in [2.24, 2.45) is 0 Å². The molecule has 2 amide bonds. The number of ether oxygens (including phenoxy) is 2. The number of carbonyl (C=O) groups is 2. The number of hydrogen-bond donors (Lipinski definition) is 2.